The van der Waals surface area contributed by atoms with Crippen molar-refractivity contribution < 1.29 is 14.8 Å². The molecule has 11 nitrogen and oxygen atoms in total. The van der Waals surface area contributed by atoms with Crippen LogP contribution in [0.15, 0.2) is 12.1 Å². The SMILES string of the molecule is CN(N)c1c([N+](=O)[O-])cc([N+](=O)[O-])cc1[N+](=O)[O-]. The molecule has 0 fully saturated rings. The van der Waals surface area contributed by atoms with Crippen LogP contribution in [-0.2, 0) is 0 Å². The molecule has 0 saturated heterocycles. The molecule has 0 aliphatic heterocycles. The molecule has 96 valence electrons. The minimum atomic E-state index is -0.974. The maximum Gasteiger partial charge on any atom is 0.307 e. The Labute approximate surface area is 98.8 Å². The van der Waals surface area contributed by atoms with Crippen molar-refractivity contribution >= 4 is 22.7 Å². The first kappa shape index (κ1) is 13.2. The summed E-state index contributed by atoms with van der Waals surface area (Å²) in [6.07, 6.45) is 0. The molecule has 0 radical (unpaired) electrons. The highest BCUT2D eigenvalue weighted by Crippen LogP contribution is 2.39. The zero-order valence-corrected chi connectivity index (χ0v) is 8.97. The van der Waals surface area contributed by atoms with E-state index in [2.05, 4.69) is 0 Å². The van der Waals surface area contributed by atoms with Crippen LogP contribution < -0.4 is 10.9 Å². The Balaban J connectivity index is 3.71. The van der Waals surface area contributed by atoms with E-state index in [1.165, 1.54) is 0 Å². The Hall–Kier alpha value is -2.82. The lowest BCUT2D eigenvalue weighted by molar-refractivity contribution is -0.402. The summed E-state index contributed by atoms with van der Waals surface area (Å²) in [6.45, 7) is 0. The molecule has 0 aliphatic rings. The zero-order chi connectivity index (χ0) is 14.0. The number of nitrogens with zero attached hydrogens (tertiary/aromatic N) is 4. The van der Waals surface area contributed by atoms with Gasteiger partial charge in [0, 0.05) is 7.05 Å². The van der Waals surface area contributed by atoms with Gasteiger partial charge in [-0.15, -0.1) is 0 Å². The van der Waals surface area contributed by atoms with Gasteiger partial charge in [-0.25, -0.2) is 5.84 Å². The lowest BCUT2D eigenvalue weighted by Gasteiger charge is -2.11. The van der Waals surface area contributed by atoms with Gasteiger partial charge in [-0.05, 0) is 0 Å². The van der Waals surface area contributed by atoms with Crippen LogP contribution in [0.4, 0.5) is 22.7 Å². The molecular weight excluding hydrogens is 250 g/mol. The third-order valence-electron chi connectivity index (χ3n) is 2.01. The zero-order valence-electron chi connectivity index (χ0n) is 8.97. The maximum atomic E-state index is 10.8. The average Bonchev–Trinajstić information content (AvgIpc) is 2.26. The Kier molecular flexibility index (Phi) is 3.37. The van der Waals surface area contributed by atoms with Crippen LogP contribution in [0.5, 0.6) is 0 Å². The highest BCUT2D eigenvalue weighted by atomic mass is 16.6. The third kappa shape index (κ3) is 2.30. The van der Waals surface area contributed by atoms with E-state index in [0.29, 0.717) is 17.1 Å². The summed E-state index contributed by atoms with van der Waals surface area (Å²) in [5.41, 5.74) is -2.86. The van der Waals surface area contributed by atoms with E-state index in [4.69, 9.17) is 5.84 Å². The molecule has 0 bridgehead atoms. The molecule has 0 heterocycles. The third-order valence-corrected chi connectivity index (χ3v) is 2.01. The van der Waals surface area contributed by atoms with Crippen LogP contribution in [0, 0.1) is 30.3 Å². The fourth-order valence-electron chi connectivity index (χ4n) is 1.33. The van der Waals surface area contributed by atoms with Crippen LogP contribution in [0.3, 0.4) is 0 Å². The van der Waals surface area contributed by atoms with Gasteiger partial charge in [-0.2, -0.15) is 0 Å². The van der Waals surface area contributed by atoms with Crippen molar-refractivity contribution in [3.8, 4) is 0 Å². The molecule has 1 rings (SSSR count). The maximum absolute atomic E-state index is 10.8. The Morgan fingerprint density at radius 2 is 1.39 bits per heavy atom. The first-order chi connectivity index (χ1) is 8.25. The van der Waals surface area contributed by atoms with Gasteiger partial charge in [0.2, 0.25) is 5.69 Å². The summed E-state index contributed by atoms with van der Waals surface area (Å²) in [5.74, 6) is 5.27. The molecular formula is C7H7N5O6. The summed E-state index contributed by atoms with van der Waals surface area (Å²) < 4.78 is 0. The summed E-state index contributed by atoms with van der Waals surface area (Å²) in [7, 11) is 1.15. The number of anilines is 1. The topological polar surface area (TPSA) is 159 Å². The summed E-state index contributed by atoms with van der Waals surface area (Å²) in [5, 5.41) is 32.7. The first-order valence-electron chi connectivity index (χ1n) is 4.35. The fraction of sp³-hybridized carbons (Fsp3) is 0.143. The number of hydrogen-bond donors (Lipinski definition) is 1. The quantitative estimate of drug-likeness (QED) is 0.469. The predicted octanol–water partition coefficient (Wildman–Crippen LogP) is 0.721. The number of benzene rings is 1. The van der Waals surface area contributed by atoms with Gasteiger partial charge in [-0.3, -0.25) is 30.3 Å². The number of nitrogens with two attached hydrogens (primary N) is 1. The lowest BCUT2D eigenvalue weighted by atomic mass is 10.2. The Morgan fingerprint density at radius 1 is 1.00 bits per heavy atom. The molecule has 0 atom stereocenters. The number of nitro benzene ring substituents is 3. The minimum absolute atomic E-state index is 0.504. The number of nitro groups is 3. The smallest absolute Gasteiger partial charge is 0.302 e. The normalized spacial score (nSPS) is 9.89. The van der Waals surface area contributed by atoms with E-state index in [1.807, 2.05) is 0 Å². The average molecular weight is 257 g/mol. The molecule has 0 amide bonds. The van der Waals surface area contributed by atoms with Crippen molar-refractivity contribution in [2.24, 2.45) is 5.84 Å². The van der Waals surface area contributed by atoms with Crippen LogP contribution >= 0.6 is 0 Å². The molecule has 18 heavy (non-hydrogen) atoms. The van der Waals surface area contributed by atoms with Crippen molar-refractivity contribution in [3.05, 3.63) is 42.5 Å². The standard InChI is InChI=1S/C7H7N5O6/c1-9(8)7-5(11(15)16)2-4(10(13)14)3-6(7)12(17)18/h2-3H,8H2,1H3. The molecule has 0 aliphatic carbocycles. The Morgan fingerprint density at radius 3 is 1.61 bits per heavy atom. The minimum Gasteiger partial charge on any atom is -0.302 e. The molecule has 0 saturated carbocycles. The highest BCUT2D eigenvalue weighted by molar-refractivity contribution is 5.77. The van der Waals surface area contributed by atoms with E-state index in [9.17, 15) is 30.3 Å². The van der Waals surface area contributed by atoms with Gasteiger partial charge in [-0.1, -0.05) is 0 Å². The molecule has 0 unspecified atom stereocenters. The van der Waals surface area contributed by atoms with Crippen molar-refractivity contribution in [1.29, 1.82) is 0 Å². The van der Waals surface area contributed by atoms with E-state index < -0.39 is 37.5 Å². The van der Waals surface area contributed by atoms with Gasteiger partial charge < -0.3 is 5.01 Å². The number of hydrogen-bond acceptors (Lipinski definition) is 8. The van der Waals surface area contributed by atoms with Crippen molar-refractivity contribution in [3.63, 3.8) is 0 Å². The largest absolute Gasteiger partial charge is 0.307 e. The van der Waals surface area contributed by atoms with Crippen LogP contribution in [-0.4, -0.2) is 21.8 Å². The van der Waals surface area contributed by atoms with Gasteiger partial charge >= 0.3 is 11.4 Å². The summed E-state index contributed by atoms with van der Waals surface area (Å²) >= 11 is 0. The second-order valence-corrected chi connectivity index (χ2v) is 3.21. The molecule has 11 heteroatoms. The Bertz CT molecular complexity index is 506. The molecule has 1 aromatic rings. The number of hydrazine groups is 1. The molecule has 2 N–H and O–H groups in total. The van der Waals surface area contributed by atoms with Gasteiger partial charge in [0.25, 0.3) is 5.69 Å². The lowest BCUT2D eigenvalue weighted by Crippen LogP contribution is -2.27. The van der Waals surface area contributed by atoms with Crippen molar-refractivity contribution in [1.82, 2.24) is 0 Å². The van der Waals surface area contributed by atoms with Gasteiger partial charge in [0.15, 0.2) is 0 Å². The van der Waals surface area contributed by atoms with Crippen molar-refractivity contribution in [2.75, 3.05) is 12.1 Å². The number of rotatable bonds is 4. The molecule has 0 aromatic heterocycles. The highest BCUT2D eigenvalue weighted by Gasteiger charge is 2.32. The fourth-order valence-corrected chi connectivity index (χ4v) is 1.33. The molecule has 1 aromatic carbocycles. The second kappa shape index (κ2) is 4.58. The van der Waals surface area contributed by atoms with E-state index in [-0.39, 0.29) is 0 Å². The predicted molar refractivity (Wildman–Crippen MR) is 59.0 cm³/mol. The number of non-ortho nitro benzene ring substituents is 1. The monoisotopic (exact) mass is 257 g/mol. The van der Waals surface area contributed by atoms with Gasteiger partial charge in [0.1, 0.15) is 0 Å². The summed E-state index contributed by atoms with van der Waals surface area (Å²) in [6, 6.07) is 1.23. The van der Waals surface area contributed by atoms with Gasteiger partial charge in [0.05, 0.1) is 26.9 Å². The van der Waals surface area contributed by atoms with Crippen LogP contribution in [0.25, 0.3) is 0 Å². The van der Waals surface area contributed by atoms with E-state index in [1.54, 1.807) is 0 Å². The van der Waals surface area contributed by atoms with E-state index in [0.717, 1.165) is 7.05 Å². The van der Waals surface area contributed by atoms with Crippen molar-refractivity contribution in [2.45, 2.75) is 0 Å². The first-order valence-corrected chi connectivity index (χ1v) is 4.35. The van der Waals surface area contributed by atoms with E-state index >= 15 is 0 Å². The van der Waals surface area contributed by atoms with Crippen LogP contribution in [0.2, 0.25) is 0 Å². The second-order valence-electron chi connectivity index (χ2n) is 3.21. The summed E-state index contributed by atoms with van der Waals surface area (Å²) in [4.78, 5) is 29.2. The van der Waals surface area contributed by atoms with Crippen LogP contribution in [0.1, 0.15) is 0 Å². The molecule has 0 spiro atoms.